The van der Waals surface area contributed by atoms with E-state index >= 15 is 0 Å². The van der Waals surface area contributed by atoms with Gasteiger partial charge in [0, 0.05) is 23.5 Å². The van der Waals surface area contributed by atoms with Crippen LogP contribution in [0.1, 0.15) is 17.3 Å². The number of rotatable bonds is 4. The van der Waals surface area contributed by atoms with Crippen molar-refractivity contribution in [2.24, 2.45) is 7.05 Å². The molecule has 0 amide bonds. The summed E-state index contributed by atoms with van der Waals surface area (Å²) in [5.74, 6) is -0.289. The SMILES string of the molecule is CCOC(=O)c1ccc2c(-c3ccccc3)c(-c3ccccc3)n(C)c2c1. The first kappa shape index (κ1) is 17.1. The molecule has 0 bridgehead atoms. The molecule has 0 atom stereocenters. The zero-order valence-electron chi connectivity index (χ0n) is 15.5. The van der Waals surface area contributed by atoms with Crippen molar-refractivity contribution in [1.29, 1.82) is 0 Å². The van der Waals surface area contributed by atoms with E-state index in [-0.39, 0.29) is 5.97 Å². The van der Waals surface area contributed by atoms with Gasteiger partial charge in [0.05, 0.1) is 17.9 Å². The summed E-state index contributed by atoms with van der Waals surface area (Å²) in [6.45, 7) is 2.19. The zero-order chi connectivity index (χ0) is 18.8. The molecule has 0 radical (unpaired) electrons. The number of benzene rings is 3. The van der Waals surface area contributed by atoms with Gasteiger partial charge in [-0.15, -0.1) is 0 Å². The van der Waals surface area contributed by atoms with Gasteiger partial charge in [-0.2, -0.15) is 0 Å². The predicted molar refractivity (Wildman–Crippen MR) is 110 cm³/mol. The Hall–Kier alpha value is -3.33. The van der Waals surface area contributed by atoms with Crippen LogP contribution in [0.5, 0.6) is 0 Å². The highest BCUT2D eigenvalue weighted by Crippen LogP contribution is 2.40. The lowest BCUT2D eigenvalue weighted by molar-refractivity contribution is 0.0526. The number of carbonyl (C=O) groups excluding carboxylic acids is 1. The van der Waals surface area contributed by atoms with E-state index in [0.29, 0.717) is 12.2 Å². The molecule has 0 aliphatic rings. The van der Waals surface area contributed by atoms with Crippen LogP contribution >= 0.6 is 0 Å². The molecule has 0 saturated carbocycles. The third-order valence-corrected chi connectivity index (χ3v) is 4.82. The van der Waals surface area contributed by atoms with Gasteiger partial charge in [-0.1, -0.05) is 66.7 Å². The predicted octanol–water partition coefficient (Wildman–Crippen LogP) is 5.69. The summed E-state index contributed by atoms with van der Waals surface area (Å²) in [6.07, 6.45) is 0. The molecule has 0 N–H and O–H groups in total. The second-order valence-corrected chi connectivity index (χ2v) is 6.47. The van der Waals surface area contributed by atoms with E-state index < -0.39 is 0 Å². The Balaban J connectivity index is 2.02. The summed E-state index contributed by atoms with van der Waals surface area (Å²) in [5.41, 5.74) is 6.20. The first-order valence-corrected chi connectivity index (χ1v) is 9.11. The monoisotopic (exact) mass is 355 g/mol. The summed E-state index contributed by atoms with van der Waals surface area (Å²) >= 11 is 0. The average Bonchev–Trinajstić information content (AvgIpc) is 3.01. The van der Waals surface area contributed by atoms with Crippen molar-refractivity contribution in [2.45, 2.75) is 6.92 Å². The average molecular weight is 355 g/mol. The van der Waals surface area contributed by atoms with Gasteiger partial charge in [0.25, 0.3) is 0 Å². The standard InChI is InChI=1S/C24H21NO2/c1-3-27-24(26)19-14-15-20-21(16-19)25(2)23(18-12-8-5-9-13-18)22(20)17-10-6-4-7-11-17/h4-16H,3H2,1-2H3. The van der Waals surface area contributed by atoms with Crippen molar-refractivity contribution >= 4 is 16.9 Å². The summed E-state index contributed by atoms with van der Waals surface area (Å²) < 4.78 is 7.34. The number of esters is 1. The largest absolute Gasteiger partial charge is 0.462 e. The van der Waals surface area contributed by atoms with E-state index in [1.807, 2.05) is 56.4 Å². The molecule has 4 rings (SSSR count). The molecule has 3 aromatic carbocycles. The summed E-state index contributed by atoms with van der Waals surface area (Å²) in [7, 11) is 2.05. The summed E-state index contributed by atoms with van der Waals surface area (Å²) in [6, 6.07) is 26.5. The van der Waals surface area contributed by atoms with Crippen LogP contribution in [-0.4, -0.2) is 17.1 Å². The molecule has 1 aromatic heterocycles. The van der Waals surface area contributed by atoms with Crippen molar-refractivity contribution in [1.82, 2.24) is 4.57 Å². The van der Waals surface area contributed by atoms with Crippen LogP contribution in [-0.2, 0) is 11.8 Å². The number of fused-ring (bicyclic) bond motifs is 1. The van der Waals surface area contributed by atoms with Crippen LogP contribution in [0.4, 0.5) is 0 Å². The molecule has 0 unspecified atom stereocenters. The number of aryl methyl sites for hydroxylation is 1. The van der Waals surface area contributed by atoms with Gasteiger partial charge in [0.1, 0.15) is 0 Å². The van der Waals surface area contributed by atoms with Crippen molar-refractivity contribution in [3.05, 3.63) is 84.4 Å². The lowest BCUT2D eigenvalue weighted by Gasteiger charge is -2.08. The Morgan fingerprint density at radius 1 is 0.889 bits per heavy atom. The lowest BCUT2D eigenvalue weighted by atomic mass is 9.98. The quantitative estimate of drug-likeness (QED) is 0.440. The van der Waals surface area contributed by atoms with Gasteiger partial charge in [-0.3, -0.25) is 0 Å². The van der Waals surface area contributed by atoms with Gasteiger partial charge >= 0.3 is 5.97 Å². The van der Waals surface area contributed by atoms with E-state index in [1.54, 1.807) is 0 Å². The van der Waals surface area contributed by atoms with E-state index in [0.717, 1.165) is 27.7 Å². The topological polar surface area (TPSA) is 31.2 Å². The summed E-state index contributed by atoms with van der Waals surface area (Å²) in [5, 5.41) is 1.12. The number of hydrogen-bond donors (Lipinski definition) is 0. The molecule has 3 nitrogen and oxygen atoms in total. The van der Waals surface area contributed by atoms with Crippen LogP contribution in [0.15, 0.2) is 78.9 Å². The Labute approximate surface area is 158 Å². The van der Waals surface area contributed by atoms with Crippen LogP contribution in [0.3, 0.4) is 0 Å². The maximum absolute atomic E-state index is 12.2. The number of nitrogens with zero attached hydrogens (tertiary/aromatic N) is 1. The fourth-order valence-electron chi connectivity index (χ4n) is 3.61. The van der Waals surface area contributed by atoms with Crippen molar-refractivity contribution in [2.75, 3.05) is 6.61 Å². The number of ether oxygens (including phenoxy) is 1. The van der Waals surface area contributed by atoms with Gasteiger partial charge in [0.15, 0.2) is 0 Å². The van der Waals surface area contributed by atoms with Gasteiger partial charge in [0.2, 0.25) is 0 Å². The second-order valence-electron chi connectivity index (χ2n) is 6.47. The molecule has 0 aliphatic heterocycles. The minimum absolute atomic E-state index is 0.289. The molecule has 27 heavy (non-hydrogen) atoms. The molecular formula is C24H21NO2. The molecule has 3 heteroatoms. The zero-order valence-corrected chi connectivity index (χ0v) is 15.5. The van der Waals surface area contributed by atoms with Gasteiger partial charge < -0.3 is 9.30 Å². The molecule has 134 valence electrons. The van der Waals surface area contributed by atoms with E-state index in [1.165, 1.54) is 5.56 Å². The van der Waals surface area contributed by atoms with Crippen molar-refractivity contribution in [3.63, 3.8) is 0 Å². The molecule has 4 aromatic rings. The minimum atomic E-state index is -0.289. The Morgan fingerprint density at radius 2 is 1.52 bits per heavy atom. The molecule has 0 aliphatic carbocycles. The maximum Gasteiger partial charge on any atom is 0.338 e. The van der Waals surface area contributed by atoms with E-state index in [4.69, 9.17) is 4.74 Å². The highest BCUT2D eigenvalue weighted by Gasteiger charge is 2.19. The fourth-order valence-corrected chi connectivity index (χ4v) is 3.61. The Bertz CT molecular complexity index is 1100. The van der Waals surface area contributed by atoms with Crippen LogP contribution in [0.25, 0.3) is 33.3 Å². The third kappa shape index (κ3) is 3.02. The minimum Gasteiger partial charge on any atom is -0.462 e. The number of carbonyl (C=O) groups is 1. The normalized spacial score (nSPS) is 10.9. The first-order valence-electron chi connectivity index (χ1n) is 9.11. The first-order chi connectivity index (χ1) is 13.2. The smallest absolute Gasteiger partial charge is 0.338 e. The van der Waals surface area contributed by atoms with Crippen molar-refractivity contribution < 1.29 is 9.53 Å². The summed E-state index contributed by atoms with van der Waals surface area (Å²) in [4.78, 5) is 12.2. The second kappa shape index (κ2) is 7.12. The molecule has 1 heterocycles. The van der Waals surface area contributed by atoms with Crippen molar-refractivity contribution in [3.8, 4) is 22.4 Å². The van der Waals surface area contributed by atoms with Gasteiger partial charge in [-0.05, 0) is 30.2 Å². The highest BCUT2D eigenvalue weighted by atomic mass is 16.5. The maximum atomic E-state index is 12.2. The van der Waals surface area contributed by atoms with E-state index in [2.05, 4.69) is 41.0 Å². The van der Waals surface area contributed by atoms with Crippen LogP contribution in [0, 0.1) is 0 Å². The third-order valence-electron chi connectivity index (χ3n) is 4.82. The molecular weight excluding hydrogens is 334 g/mol. The van der Waals surface area contributed by atoms with E-state index in [9.17, 15) is 4.79 Å². The number of aromatic nitrogens is 1. The molecule has 0 saturated heterocycles. The van der Waals surface area contributed by atoms with Gasteiger partial charge in [-0.25, -0.2) is 4.79 Å². The highest BCUT2D eigenvalue weighted by molar-refractivity contribution is 6.06. The fraction of sp³-hybridized carbons (Fsp3) is 0.125. The molecule has 0 spiro atoms. The molecule has 0 fully saturated rings. The Morgan fingerprint density at radius 3 is 2.15 bits per heavy atom. The lowest BCUT2D eigenvalue weighted by Crippen LogP contribution is -2.04. The van der Waals surface area contributed by atoms with Crippen LogP contribution in [0.2, 0.25) is 0 Å². The number of hydrogen-bond acceptors (Lipinski definition) is 2. The Kier molecular flexibility index (Phi) is 4.51. The van der Waals surface area contributed by atoms with Crippen LogP contribution < -0.4 is 0 Å².